The van der Waals surface area contributed by atoms with Crippen molar-refractivity contribution in [1.29, 1.82) is 0 Å². The van der Waals surface area contributed by atoms with Gasteiger partial charge in [-0.1, -0.05) is 32.0 Å². The van der Waals surface area contributed by atoms with E-state index >= 15 is 0 Å². The summed E-state index contributed by atoms with van der Waals surface area (Å²) >= 11 is 0. The Labute approximate surface area is 151 Å². The minimum absolute atomic E-state index is 0.198. The molecule has 0 aliphatic carbocycles. The van der Waals surface area contributed by atoms with E-state index in [9.17, 15) is 4.79 Å². The molecular formula is C19H21N5O2. The summed E-state index contributed by atoms with van der Waals surface area (Å²) in [6, 6.07) is 9.82. The number of ether oxygens (including phenoxy) is 1. The minimum atomic E-state index is -0.198. The Bertz CT molecular complexity index is 950. The Balaban J connectivity index is 1.46. The number of carbonyl (C=O) groups is 1. The van der Waals surface area contributed by atoms with Crippen molar-refractivity contribution in [3.05, 3.63) is 53.6 Å². The maximum Gasteiger partial charge on any atom is 0.270 e. The van der Waals surface area contributed by atoms with Crippen LogP contribution >= 0.6 is 0 Å². The van der Waals surface area contributed by atoms with Crippen LogP contribution < -0.4 is 10.1 Å². The second kappa shape index (κ2) is 6.74. The van der Waals surface area contributed by atoms with Crippen molar-refractivity contribution in [3.63, 3.8) is 0 Å². The summed E-state index contributed by atoms with van der Waals surface area (Å²) < 4.78 is 7.46. The van der Waals surface area contributed by atoms with Crippen molar-refractivity contribution in [3.8, 4) is 5.75 Å². The zero-order chi connectivity index (χ0) is 18.1. The summed E-state index contributed by atoms with van der Waals surface area (Å²) in [6.07, 6.45) is 2.34. The van der Waals surface area contributed by atoms with Gasteiger partial charge in [0.25, 0.3) is 11.7 Å². The fraction of sp³-hybridized carbons (Fsp3) is 0.368. The Hall–Kier alpha value is -2.96. The number of hydrogen-bond acceptors (Lipinski definition) is 5. The number of nitrogens with zero attached hydrogens (tertiary/aromatic N) is 4. The van der Waals surface area contributed by atoms with E-state index in [1.165, 1.54) is 11.9 Å². The fourth-order valence-corrected chi connectivity index (χ4v) is 3.21. The fourth-order valence-electron chi connectivity index (χ4n) is 3.21. The topological polar surface area (TPSA) is 81.4 Å². The molecule has 0 saturated heterocycles. The molecule has 1 aromatic carbocycles. The average molecular weight is 351 g/mol. The highest BCUT2D eigenvalue weighted by Gasteiger charge is 2.21. The molecule has 3 aromatic rings. The van der Waals surface area contributed by atoms with E-state index < -0.39 is 0 Å². The van der Waals surface area contributed by atoms with Gasteiger partial charge in [-0.15, -0.1) is 0 Å². The average Bonchev–Trinajstić information content (AvgIpc) is 3.13. The summed E-state index contributed by atoms with van der Waals surface area (Å²) in [5.74, 6) is 1.63. The summed E-state index contributed by atoms with van der Waals surface area (Å²) in [7, 11) is 0. The molecule has 1 aliphatic heterocycles. The highest BCUT2D eigenvalue weighted by atomic mass is 16.5. The summed E-state index contributed by atoms with van der Waals surface area (Å²) in [6.45, 7) is 5.25. The number of fused-ring (bicyclic) bond motifs is 2. The van der Waals surface area contributed by atoms with Gasteiger partial charge in [0.2, 0.25) is 0 Å². The van der Waals surface area contributed by atoms with Gasteiger partial charge in [0.05, 0.1) is 12.3 Å². The molecule has 4 rings (SSSR count). The SMILES string of the molecule is CC(C)c1cc(C(=O)NCC2COc3ccccc3C2)nc2ncnn12. The Kier molecular flexibility index (Phi) is 4.28. The first-order valence-corrected chi connectivity index (χ1v) is 8.81. The molecule has 0 radical (unpaired) electrons. The van der Waals surface area contributed by atoms with E-state index in [-0.39, 0.29) is 17.7 Å². The first-order chi connectivity index (χ1) is 12.6. The van der Waals surface area contributed by atoms with Gasteiger partial charge in [-0.05, 0) is 30.0 Å². The van der Waals surface area contributed by atoms with Gasteiger partial charge >= 0.3 is 0 Å². The van der Waals surface area contributed by atoms with Gasteiger partial charge in [-0.25, -0.2) is 9.50 Å². The van der Waals surface area contributed by atoms with Crippen LogP contribution in [0.25, 0.3) is 5.78 Å². The molecular weight excluding hydrogens is 330 g/mol. The number of hydrogen-bond donors (Lipinski definition) is 1. The van der Waals surface area contributed by atoms with E-state index in [1.54, 1.807) is 10.6 Å². The van der Waals surface area contributed by atoms with Crippen molar-refractivity contribution in [2.24, 2.45) is 5.92 Å². The van der Waals surface area contributed by atoms with Gasteiger partial charge in [0.15, 0.2) is 0 Å². The number of para-hydroxylation sites is 1. The molecule has 0 saturated carbocycles. The zero-order valence-corrected chi connectivity index (χ0v) is 14.8. The normalized spacial score (nSPS) is 16.3. The Morgan fingerprint density at radius 1 is 1.38 bits per heavy atom. The number of benzene rings is 1. The predicted octanol–water partition coefficient (Wildman–Crippen LogP) is 2.23. The van der Waals surface area contributed by atoms with Crippen molar-refractivity contribution in [2.75, 3.05) is 13.2 Å². The smallest absolute Gasteiger partial charge is 0.270 e. The Morgan fingerprint density at radius 2 is 2.23 bits per heavy atom. The van der Waals surface area contributed by atoms with E-state index in [1.807, 2.05) is 18.2 Å². The molecule has 134 valence electrons. The molecule has 0 spiro atoms. The van der Waals surface area contributed by atoms with Crippen LogP contribution in [0.5, 0.6) is 5.75 Å². The van der Waals surface area contributed by atoms with E-state index in [0.717, 1.165) is 17.9 Å². The number of amides is 1. The third-order valence-corrected chi connectivity index (χ3v) is 4.61. The lowest BCUT2D eigenvalue weighted by molar-refractivity contribution is 0.0934. The van der Waals surface area contributed by atoms with Crippen molar-refractivity contribution < 1.29 is 9.53 Å². The van der Waals surface area contributed by atoms with Crippen LogP contribution in [0.4, 0.5) is 0 Å². The molecule has 1 amide bonds. The van der Waals surface area contributed by atoms with Crippen LogP contribution in [0.1, 0.15) is 41.5 Å². The molecule has 0 bridgehead atoms. The van der Waals surface area contributed by atoms with Gasteiger partial charge in [0.1, 0.15) is 17.8 Å². The van der Waals surface area contributed by atoms with Crippen molar-refractivity contribution in [1.82, 2.24) is 24.9 Å². The summed E-state index contributed by atoms with van der Waals surface area (Å²) in [4.78, 5) is 21.0. The highest BCUT2D eigenvalue weighted by molar-refractivity contribution is 5.92. The number of nitrogens with one attached hydrogen (secondary N) is 1. The van der Waals surface area contributed by atoms with Crippen LogP contribution in [0.15, 0.2) is 36.7 Å². The quantitative estimate of drug-likeness (QED) is 0.779. The predicted molar refractivity (Wildman–Crippen MR) is 96.3 cm³/mol. The third kappa shape index (κ3) is 3.12. The lowest BCUT2D eigenvalue weighted by atomic mass is 9.97. The van der Waals surface area contributed by atoms with Crippen LogP contribution in [0.3, 0.4) is 0 Å². The summed E-state index contributed by atoms with van der Waals surface area (Å²) in [5.41, 5.74) is 2.46. The second-order valence-electron chi connectivity index (χ2n) is 6.89. The monoisotopic (exact) mass is 351 g/mol. The molecule has 7 heteroatoms. The van der Waals surface area contributed by atoms with Crippen molar-refractivity contribution >= 4 is 11.7 Å². The van der Waals surface area contributed by atoms with Crippen LogP contribution in [-0.4, -0.2) is 38.6 Å². The van der Waals surface area contributed by atoms with E-state index in [4.69, 9.17) is 4.74 Å². The van der Waals surface area contributed by atoms with Gasteiger partial charge in [-0.3, -0.25) is 4.79 Å². The van der Waals surface area contributed by atoms with Crippen LogP contribution in [0, 0.1) is 5.92 Å². The molecule has 1 N–H and O–H groups in total. The zero-order valence-electron chi connectivity index (χ0n) is 14.8. The Morgan fingerprint density at radius 3 is 3.08 bits per heavy atom. The molecule has 1 unspecified atom stereocenters. The molecule has 0 fully saturated rings. The van der Waals surface area contributed by atoms with E-state index in [2.05, 4.69) is 40.3 Å². The van der Waals surface area contributed by atoms with Crippen LogP contribution in [-0.2, 0) is 6.42 Å². The summed E-state index contributed by atoms with van der Waals surface area (Å²) in [5, 5.41) is 7.16. The lowest BCUT2D eigenvalue weighted by Gasteiger charge is -2.25. The molecule has 1 atom stereocenters. The maximum atomic E-state index is 12.6. The highest BCUT2D eigenvalue weighted by Crippen LogP contribution is 2.26. The first-order valence-electron chi connectivity index (χ1n) is 8.81. The van der Waals surface area contributed by atoms with Crippen LogP contribution in [0.2, 0.25) is 0 Å². The number of carbonyl (C=O) groups excluding carboxylic acids is 1. The largest absolute Gasteiger partial charge is 0.493 e. The second-order valence-corrected chi connectivity index (χ2v) is 6.89. The molecule has 1 aliphatic rings. The van der Waals surface area contributed by atoms with Gasteiger partial charge in [-0.2, -0.15) is 10.1 Å². The van der Waals surface area contributed by atoms with E-state index in [0.29, 0.717) is 24.6 Å². The standard InChI is InChI=1S/C19H21N5O2/c1-12(2)16-8-15(23-19-21-11-22-24(16)19)18(25)20-9-13-7-14-5-3-4-6-17(14)26-10-13/h3-6,8,11-13H,7,9-10H2,1-2H3,(H,20,25). The third-order valence-electron chi connectivity index (χ3n) is 4.61. The lowest BCUT2D eigenvalue weighted by Crippen LogP contribution is -2.35. The van der Waals surface area contributed by atoms with Gasteiger partial charge < -0.3 is 10.1 Å². The number of rotatable bonds is 4. The van der Waals surface area contributed by atoms with Gasteiger partial charge in [0, 0.05) is 12.5 Å². The molecule has 2 aromatic heterocycles. The first kappa shape index (κ1) is 16.5. The van der Waals surface area contributed by atoms with Crippen molar-refractivity contribution in [2.45, 2.75) is 26.2 Å². The molecule has 26 heavy (non-hydrogen) atoms. The molecule has 3 heterocycles. The molecule has 7 nitrogen and oxygen atoms in total. The number of aromatic nitrogens is 4. The minimum Gasteiger partial charge on any atom is -0.493 e. The maximum absolute atomic E-state index is 12.6.